The molecule has 8 heteroatoms. The fourth-order valence-corrected chi connectivity index (χ4v) is 4.31. The summed E-state index contributed by atoms with van der Waals surface area (Å²) in [5, 5.41) is 39.6. The Balaban J connectivity index is 1.61. The van der Waals surface area contributed by atoms with Gasteiger partial charge in [0.2, 0.25) is 0 Å². The van der Waals surface area contributed by atoms with Crippen molar-refractivity contribution in [3.05, 3.63) is 69.2 Å². The van der Waals surface area contributed by atoms with Crippen LogP contribution in [-0.4, -0.2) is 67.1 Å². The van der Waals surface area contributed by atoms with Crippen molar-refractivity contribution in [3.63, 3.8) is 0 Å². The van der Waals surface area contributed by atoms with Crippen LogP contribution < -0.4 is 0 Å². The van der Waals surface area contributed by atoms with Crippen LogP contribution in [0.15, 0.2) is 36.4 Å². The van der Waals surface area contributed by atoms with Gasteiger partial charge in [-0.05, 0) is 41.2 Å². The van der Waals surface area contributed by atoms with Crippen LogP contribution >= 0.6 is 11.6 Å². The molecule has 0 aromatic heterocycles. The molecule has 1 saturated heterocycles. The molecule has 1 heterocycles. The van der Waals surface area contributed by atoms with E-state index in [1.165, 1.54) is 0 Å². The number of hydrogen-bond donors (Lipinski definition) is 4. The minimum atomic E-state index is -1.43. The van der Waals surface area contributed by atoms with Crippen molar-refractivity contribution >= 4 is 27.3 Å². The third kappa shape index (κ3) is 3.76. The van der Waals surface area contributed by atoms with Gasteiger partial charge < -0.3 is 25.2 Å². The van der Waals surface area contributed by atoms with Gasteiger partial charge in [-0.1, -0.05) is 52.7 Å². The monoisotopic (exact) mass is 410 g/mol. The maximum absolute atomic E-state index is 10.4. The van der Waals surface area contributed by atoms with Crippen LogP contribution in [0.3, 0.4) is 0 Å². The first-order valence-electron chi connectivity index (χ1n) is 9.50. The number of aliphatic hydroxyl groups excluding tert-OH is 4. The van der Waals surface area contributed by atoms with Crippen LogP contribution in [0.25, 0.3) is 0 Å². The second-order valence-electron chi connectivity index (χ2n) is 7.99. The van der Waals surface area contributed by atoms with E-state index in [1.54, 1.807) is 18.2 Å². The molecule has 5 atom stereocenters. The van der Waals surface area contributed by atoms with E-state index < -0.39 is 42.3 Å². The van der Waals surface area contributed by atoms with E-state index in [0.717, 1.165) is 22.3 Å². The molecule has 0 spiro atoms. The first-order chi connectivity index (χ1) is 13.7. The highest BCUT2D eigenvalue weighted by Gasteiger charge is 2.44. The Hall–Kier alpha value is -1.34. The van der Waals surface area contributed by atoms with Crippen LogP contribution in [0.1, 0.15) is 33.9 Å². The molecule has 2 aliphatic rings. The van der Waals surface area contributed by atoms with Gasteiger partial charge in [0, 0.05) is 5.02 Å². The standard InChI is InChI=1S/C21H21B2ClO5/c22-21(23)8-12-2-1-10(6-14(12)21)5-13-7-11(3-4-15(13)24)20-19(28)18(27)17(26)16(9-25)29-20/h1-4,6-7,16-20,25-28H,5,8-9H2/t16-,17-,18+,19-,20+/m1/s1. The summed E-state index contributed by atoms with van der Waals surface area (Å²) in [6, 6.07) is 11.2. The molecule has 4 N–H and O–H groups in total. The Labute approximate surface area is 177 Å². The fraction of sp³-hybridized carbons (Fsp3) is 0.429. The highest BCUT2D eigenvalue weighted by atomic mass is 35.5. The SMILES string of the molecule is [B]C1([B])Cc2ccc(Cc3cc([C@@H]4O[C@H](CO)[C@@H](O)[C@H](O)[C@H]4O)ccc3Cl)cc21. The summed E-state index contributed by atoms with van der Waals surface area (Å²) in [7, 11) is 12.1. The van der Waals surface area contributed by atoms with E-state index in [-0.39, 0.29) is 0 Å². The average Bonchev–Trinajstić information content (AvgIpc) is 2.69. The number of ether oxygens (including phenoxy) is 1. The molecule has 0 amide bonds. The number of benzene rings is 2. The quantitative estimate of drug-likeness (QED) is 0.551. The number of fused-ring (bicyclic) bond motifs is 1. The molecule has 1 aliphatic carbocycles. The number of rotatable bonds is 4. The van der Waals surface area contributed by atoms with Gasteiger partial charge in [-0.2, -0.15) is 0 Å². The lowest BCUT2D eigenvalue weighted by atomic mass is 9.42. The smallest absolute Gasteiger partial charge is 0.113 e. The zero-order valence-corrected chi connectivity index (χ0v) is 16.5. The fourth-order valence-electron chi connectivity index (χ4n) is 4.13. The minimum absolute atomic E-state index is 0.475. The summed E-state index contributed by atoms with van der Waals surface area (Å²) < 4.78 is 5.65. The lowest BCUT2D eigenvalue weighted by Gasteiger charge is -2.40. The van der Waals surface area contributed by atoms with Crippen LogP contribution in [0.4, 0.5) is 0 Å². The van der Waals surface area contributed by atoms with Crippen molar-refractivity contribution in [1.82, 2.24) is 0 Å². The van der Waals surface area contributed by atoms with E-state index in [1.807, 2.05) is 18.2 Å². The lowest BCUT2D eigenvalue weighted by Crippen LogP contribution is -2.55. The van der Waals surface area contributed by atoms with Crippen molar-refractivity contribution in [2.24, 2.45) is 0 Å². The predicted molar refractivity (Wildman–Crippen MR) is 110 cm³/mol. The van der Waals surface area contributed by atoms with Gasteiger partial charge in [0.1, 0.15) is 30.5 Å². The summed E-state index contributed by atoms with van der Waals surface area (Å²) in [6.45, 7) is -0.475. The van der Waals surface area contributed by atoms with Crippen molar-refractivity contribution in [3.8, 4) is 0 Å². The van der Waals surface area contributed by atoms with Crippen LogP contribution in [0, 0.1) is 0 Å². The van der Waals surface area contributed by atoms with Crippen LogP contribution in [-0.2, 0) is 22.8 Å². The molecule has 5 nitrogen and oxygen atoms in total. The molecule has 29 heavy (non-hydrogen) atoms. The Kier molecular flexibility index (Phi) is 5.57. The second-order valence-corrected chi connectivity index (χ2v) is 8.39. The van der Waals surface area contributed by atoms with Crippen LogP contribution in [0.2, 0.25) is 5.02 Å². The maximum atomic E-state index is 10.4. The van der Waals surface area contributed by atoms with Gasteiger partial charge in [0.25, 0.3) is 0 Å². The Morgan fingerprint density at radius 2 is 1.79 bits per heavy atom. The first-order valence-corrected chi connectivity index (χ1v) is 9.88. The van der Waals surface area contributed by atoms with Crippen molar-refractivity contribution < 1.29 is 25.2 Å². The third-order valence-electron chi connectivity index (χ3n) is 5.84. The molecular formula is C21H21B2ClO5. The Morgan fingerprint density at radius 1 is 1.03 bits per heavy atom. The third-order valence-corrected chi connectivity index (χ3v) is 6.21. The van der Waals surface area contributed by atoms with E-state index >= 15 is 0 Å². The highest BCUT2D eigenvalue weighted by Crippen LogP contribution is 2.38. The van der Waals surface area contributed by atoms with Crippen molar-refractivity contribution in [1.29, 1.82) is 0 Å². The topological polar surface area (TPSA) is 90.2 Å². The Morgan fingerprint density at radius 3 is 2.48 bits per heavy atom. The summed E-state index contributed by atoms with van der Waals surface area (Å²) in [4.78, 5) is 0. The minimum Gasteiger partial charge on any atom is -0.394 e. The number of halogens is 1. The van der Waals surface area contributed by atoms with E-state index in [2.05, 4.69) is 0 Å². The maximum Gasteiger partial charge on any atom is 0.113 e. The molecule has 2 aromatic carbocycles. The molecule has 148 valence electrons. The molecule has 2 aromatic rings. The highest BCUT2D eigenvalue weighted by molar-refractivity contribution is 6.41. The van der Waals surface area contributed by atoms with E-state index in [4.69, 9.17) is 32.0 Å². The summed E-state index contributed by atoms with van der Waals surface area (Å²) in [6.07, 6.45) is -4.86. The lowest BCUT2D eigenvalue weighted by molar-refractivity contribution is -0.231. The Bertz CT molecular complexity index is 920. The molecule has 0 saturated carbocycles. The zero-order chi connectivity index (χ0) is 20.9. The van der Waals surface area contributed by atoms with Gasteiger partial charge in [-0.3, -0.25) is 0 Å². The van der Waals surface area contributed by atoms with Gasteiger partial charge >= 0.3 is 0 Å². The van der Waals surface area contributed by atoms with Gasteiger partial charge in [0.15, 0.2) is 0 Å². The molecule has 1 fully saturated rings. The van der Waals surface area contributed by atoms with E-state index in [9.17, 15) is 20.4 Å². The number of hydrogen-bond acceptors (Lipinski definition) is 5. The van der Waals surface area contributed by atoms with E-state index in [0.29, 0.717) is 23.4 Å². The molecule has 0 bridgehead atoms. The molecular weight excluding hydrogens is 389 g/mol. The summed E-state index contributed by atoms with van der Waals surface area (Å²) in [5.41, 5.74) is 4.46. The molecule has 4 radical (unpaired) electrons. The number of aliphatic hydroxyl groups is 4. The first kappa shape index (κ1) is 20.9. The summed E-state index contributed by atoms with van der Waals surface area (Å²) in [5.74, 6) is 0. The van der Waals surface area contributed by atoms with Gasteiger partial charge in [-0.25, -0.2) is 0 Å². The zero-order valence-electron chi connectivity index (χ0n) is 15.7. The normalized spacial score (nSPS) is 30.4. The predicted octanol–water partition coefficient (Wildman–Crippen LogP) is 0.492. The molecule has 0 unspecified atom stereocenters. The van der Waals surface area contributed by atoms with Crippen molar-refractivity contribution in [2.45, 2.75) is 48.6 Å². The average molecular weight is 410 g/mol. The largest absolute Gasteiger partial charge is 0.394 e. The summed E-state index contributed by atoms with van der Waals surface area (Å²) >= 11 is 6.39. The molecule has 4 rings (SSSR count). The second kappa shape index (κ2) is 7.73. The van der Waals surface area contributed by atoms with Gasteiger partial charge in [0.05, 0.1) is 22.3 Å². The van der Waals surface area contributed by atoms with Gasteiger partial charge in [-0.15, -0.1) is 0 Å². The van der Waals surface area contributed by atoms with Crippen molar-refractivity contribution in [2.75, 3.05) is 6.61 Å². The van der Waals surface area contributed by atoms with Crippen LogP contribution in [0.5, 0.6) is 0 Å². The molecule has 1 aliphatic heterocycles.